The van der Waals surface area contributed by atoms with E-state index in [9.17, 15) is 13.2 Å². The Hall–Kier alpha value is -2.58. The lowest BCUT2D eigenvalue weighted by Crippen LogP contribution is -2.43. The summed E-state index contributed by atoms with van der Waals surface area (Å²) < 4.78 is 36.1. The largest absolute Gasteiger partial charge is 0.456 e. The lowest BCUT2D eigenvalue weighted by molar-refractivity contribution is 0.0542. The number of halogens is 2. The number of esters is 1. The number of anilines is 1. The van der Waals surface area contributed by atoms with Gasteiger partial charge in [-0.05, 0) is 95.0 Å². The van der Waals surface area contributed by atoms with Crippen LogP contribution in [0.15, 0.2) is 83.4 Å². The highest BCUT2D eigenvalue weighted by Gasteiger charge is 2.41. The second-order valence-corrected chi connectivity index (χ2v) is 20.9. The van der Waals surface area contributed by atoms with Gasteiger partial charge in [0.25, 0.3) is 10.0 Å². The van der Waals surface area contributed by atoms with E-state index < -0.39 is 24.1 Å². The minimum atomic E-state index is -4.10. The predicted octanol–water partition coefficient (Wildman–Crippen LogP) is 9.72. The van der Waals surface area contributed by atoms with Crippen LogP contribution in [0.3, 0.4) is 0 Å². The third kappa shape index (κ3) is 8.16. The molecule has 0 radical (unpaired) electrons. The lowest BCUT2D eigenvalue weighted by atomic mass is 10.2. The average Bonchev–Trinajstić information content (AvgIpc) is 2.95. The molecule has 0 amide bonds. The van der Waals surface area contributed by atoms with E-state index in [1.54, 1.807) is 54.6 Å². The molecule has 0 aliphatic carbocycles. The number of hydrogen-bond acceptors (Lipinski definition) is 4. The topological polar surface area (TPSA) is 63.7 Å². The molecule has 0 aliphatic rings. The Morgan fingerprint density at radius 3 is 2.09 bits per heavy atom. The third-order valence-corrected chi connectivity index (χ3v) is 17.4. The van der Waals surface area contributed by atoms with Gasteiger partial charge in [-0.3, -0.25) is 0 Å². The predicted molar refractivity (Wildman–Crippen MR) is 193 cm³/mol. The summed E-state index contributed by atoms with van der Waals surface area (Å²) in [6.45, 7) is 16.8. The van der Waals surface area contributed by atoms with Crippen LogP contribution >= 0.6 is 34.2 Å². The molecule has 0 fully saturated rings. The minimum absolute atomic E-state index is 0.120. The maximum Gasteiger partial charge on any atom is 0.339 e. The molecule has 0 N–H and O–H groups in total. The number of ether oxygens (including phenoxy) is 1. The number of carbonyl (C=O) groups is 1. The van der Waals surface area contributed by atoms with Crippen molar-refractivity contribution < 1.29 is 17.9 Å². The molecule has 0 spiro atoms. The van der Waals surface area contributed by atoms with Crippen LogP contribution in [0.25, 0.3) is 0 Å². The molecular weight excluding hydrogens is 721 g/mol. The van der Waals surface area contributed by atoms with Crippen molar-refractivity contribution in [2.75, 3.05) is 10.9 Å². The third-order valence-electron chi connectivity index (χ3n) is 8.02. The van der Waals surface area contributed by atoms with Gasteiger partial charge < -0.3 is 4.74 Å². The summed E-state index contributed by atoms with van der Waals surface area (Å²) in [6.07, 6.45) is 1.48. The molecule has 0 aromatic heterocycles. The Bertz CT molecular complexity index is 1670. The van der Waals surface area contributed by atoms with Gasteiger partial charge in [0.1, 0.15) is 14.7 Å². The van der Waals surface area contributed by atoms with Crippen molar-refractivity contribution in [3.8, 4) is 11.5 Å². The molecule has 0 bridgehead atoms. The van der Waals surface area contributed by atoms with Crippen LogP contribution in [0.5, 0.6) is 0 Å². The smallest absolute Gasteiger partial charge is 0.339 e. The van der Waals surface area contributed by atoms with Crippen LogP contribution in [0.2, 0.25) is 21.6 Å². The van der Waals surface area contributed by atoms with Gasteiger partial charge in [-0.1, -0.05) is 95.0 Å². The van der Waals surface area contributed by atoms with Crippen molar-refractivity contribution in [2.24, 2.45) is 0 Å². The first kappa shape index (κ1) is 35.9. The van der Waals surface area contributed by atoms with E-state index in [0.717, 1.165) is 14.7 Å². The average molecular weight is 762 g/mol. The normalized spacial score (nSPS) is 12.3. The number of aryl methyl sites for hydroxylation is 2. The molecule has 3 aromatic carbocycles. The second kappa shape index (κ2) is 15.1. The fourth-order valence-corrected chi connectivity index (χ4v) is 12.9. The van der Waals surface area contributed by atoms with E-state index in [1.165, 1.54) is 10.5 Å². The molecular formula is C35H41ClINO4SSi. The summed E-state index contributed by atoms with van der Waals surface area (Å²) >= 11 is 8.58. The molecule has 0 saturated heterocycles. The summed E-state index contributed by atoms with van der Waals surface area (Å²) in [5.74, 6) is 2.83. The molecule has 9 heteroatoms. The zero-order valence-corrected chi connectivity index (χ0v) is 31.3. The maximum atomic E-state index is 14.2. The van der Waals surface area contributed by atoms with Gasteiger partial charge in [-0.25, -0.2) is 17.5 Å². The highest BCUT2D eigenvalue weighted by atomic mass is 127. The van der Waals surface area contributed by atoms with E-state index in [2.05, 4.69) is 75.6 Å². The number of rotatable bonds is 10. The summed E-state index contributed by atoms with van der Waals surface area (Å²) in [6, 6.07) is 19.0. The summed E-state index contributed by atoms with van der Waals surface area (Å²) in [5.41, 5.74) is 7.64. The number of benzene rings is 3. The molecule has 44 heavy (non-hydrogen) atoms. The second-order valence-electron chi connectivity index (χ2n) is 11.9. The standard InChI is InChI=1S/C35H41ClINO4SSi/c1-24(2)44(25(3)4,26(5)6)20-19-29(23-42-35(39)32-11-9-10-12-34(32)37)22-38(30-16-15-28(8)33(36)21-30)43(40,41)31-17-13-27(7)14-18-31/h9-18,21-22,24-26H,23H2,1-8H3/b29-22+. The summed E-state index contributed by atoms with van der Waals surface area (Å²) in [4.78, 5) is 13.3. The molecule has 0 atom stereocenters. The Kier molecular flexibility index (Phi) is 12.3. The van der Waals surface area contributed by atoms with Crippen LogP contribution in [0.1, 0.15) is 63.0 Å². The highest BCUT2D eigenvalue weighted by Crippen LogP contribution is 2.41. The van der Waals surface area contributed by atoms with Crippen LogP contribution in [-0.2, 0) is 14.8 Å². The highest BCUT2D eigenvalue weighted by molar-refractivity contribution is 14.1. The van der Waals surface area contributed by atoms with Crippen molar-refractivity contribution in [1.29, 1.82) is 0 Å². The summed E-state index contributed by atoms with van der Waals surface area (Å²) in [5, 5.41) is 0.434. The van der Waals surface area contributed by atoms with Gasteiger partial charge in [0.05, 0.1) is 21.7 Å². The number of nitrogens with zero attached hydrogens (tertiary/aromatic N) is 1. The Morgan fingerprint density at radius 2 is 1.55 bits per heavy atom. The molecule has 0 unspecified atom stereocenters. The van der Waals surface area contributed by atoms with Crippen molar-refractivity contribution in [3.05, 3.63) is 104 Å². The maximum absolute atomic E-state index is 14.2. The molecule has 3 aromatic rings. The molecule has 5 nitrogen and oxygen atoms in total. The monoisotopic (exact) mass is 761 g/mol. The van der Waals surface area contributed by atoms with Crippen molar-refractivity contribution in [1.82, 2.24) is 0 Å². The lowest BCUT2D eigenvalue weighted by Gasteiger charge is -2.38. The fourth-order valence-electron chi connectivity index (χ4n) is 5.54. The van der Waals surface area contributed by atoms with Crippen molar-refractivity contribution >= 4 is 63.9 Å². The van der Waals surface area contributed by atoms with Gasteiger partial charge in [0.2, 0.25) is 0 Å². The van der Waals surface area contributed by atoms with Crippen LogP contribution in [0, 0.1) is 28.9 Å². The summed E-state index contributed by atoms with van der Waals surface area (Å²) in [7, 11) is -6.31. The molecule has 0 heterocycles. The number of carbonyl (C=O) groups excluding carboxylic acids is 1. The van der Waals surface area contributed by atoms with Crippen LogP contribution in [0.4, 0.5) is 5.69 Å². The molecule has 0 saturated carbocycles. The van der Waals surface area contributed by atoms with Gasteiger partial charge in [0, 0.05) is 14.8 Å². The molecule has 0 aliphatic heterocycles. The number of sulfonamides is 1. The Morgan fingerprint density at radius 1 is 0.955 bits per heavy atom. The van der Waals surface area contributed by atoms with Crippen molar-refractivity contribution in [3.63, 3.8) is 0 Å². The minimum Gasteiger partial charge on any atom is -0.456 e. The van der Waals surface area contributed by atoms with E-state index in [1.807, 2.05) is 26.0 Å². The van der Waals surface area contributed by atoms with Crippen LogP contribution in [-0.4, -0.2) is 29.1 Å². The van der Waals surface area contributed by atoms with E-state index in [0.29, 0.717) is 38.5 Å². The number of hydrogen-bond donors (Lipinski definition) is 0. The van der Waals surface area contributed by atoms with Gasteiger partial charge in [0.15, 0.2) is 0 Å². The first-order chi connectivity index (χ1) is 20.6. The van der Waals surface area contributed by atoms with Gasteiger partial charge in [-0.2, -0.15) is 0 Å². The molecule has 3 rings (SSSR count). The van der Waals surface area contributed by atoms with E-state index >= 15 is 0 Å². The van der Waals surface area contributed by atoms with E-state index in [-0.39, 0.29) is 11.5 Å². The van der Waals surface area contributed by atoms with E-state index in [4.69, 9.17) is 16.3 Å². The van der Waals surface area contributed by atoms with Crippen molar-refractivity contribution in [2.45, 2.75) is 76.9 Å². The van der Waals surface area contributed by atoms with Crippen LogP contribution < -0.4 is 4.31 Å². The first-order valence-corrected chi connectivity index (χ1v) is 19.8. The molecule has 234 valence electrons. The van der Waals surface area contributed by atoms with Gasteiger partial charge >= 0.3 is 5.97 Å². The fraction of sp³-hybridized carbons (Fsp3) is 0.343. The zero-order valence-electron chi connectivity index (χ0n) is 26.6. The SMILES string of the molecule is Cc1ccc(S(=O)(=O)N(/C=C(\C#C[Si](C(C)C)(C(C)C)C(C)C)COC(=O)c2ccccc2I)c2ccc(C)c(Cl)c2)cc1. The zero-order chi connectivity index (χ0) is 32.8. The Labute approximate surface area is 283 Å². The quantitative estimate of drug-likeness (QED) is 0.0894. The first-order valence-electron chi connectivity index (χ1n) is 14.6. The van der Waals surface area contributed by atoms with Gasteiger partial charge in [-0.15, -0.1) is 5.54 Å². The Balaban J connectivity index is 2.26.